The molecule has 0 aliphatic heterocycles. The molecule has 0 spiro atoms. The summed E-state index contributed by atoms with van der Waals surface area (Å²) in [4.78, 5) is 68.2. The molecule has 8 rings (SSSR count). The zero-order valence-corrected chi connectivity index (χ0v) is 33.5. The van der Waals surface area contributed by atoms with Crippen LogP contribution in [0.5, 0.6) is 0 Å². The third-order valence-electron chi connectivity index (χ3n) is 11.6. The highest BCUT2D eigenvalue weighted by Crippen LogP contribution is 2.47. The van der Waals surface area contributed by atoms with Crippen LogP contribution >= 0.6 is 0 Å². The van der Waals surface area contributed by atoms with Gasteiger partial charge in [-0.3, -0.25) is 14.4 Å². The van der Waals surface area contributed by atoms with Gasteiger partial charge in [-0.1, -0.05) is 87.5 Å². The third kappa shape index (κ3) is 7.80. The Hall–Kier alpha value is -6.76. The van der Waals surface area contributed by atoms with Crippen LogP contribution in [0.15, 0.2) is 91.0 Å². The highest BCUT2D eigenvalue weighted by atomic mass is 16.5. The number of nitrogens with zero attached hydrogens (tertiary/aromatic N) is 3. The Labute approximate surface area is 341 Å². The number of methoxy groups -OCH3 is 1. The second-order valence-electron chi connectivity index (χ2n) is 15.7. The van der Waals surface area contributed by atoms with Gasteiger partial charge < -0.3 is 35.6 Å². The van der Waals surface area contributed by atoms with Crippen LogP contribution in [0.2, 0.25) is 0 Å². The first-order valence-electron chi connectivity index (χ1n) is 20.1. The molecule has 5 aromatic carbocycles. The van der Waals surface area contributed by atoms with Crippen LogP contribution in [0.25, 0.3) is 54.7 Å². The molecule has 302 valence electrons. The van der Waals surface area contributed by atoms with Crippen molar-refractivity contribution in [3.05, 3.63) is 108 Å². The summed E-state index contributed by atoms with van der Waals surface area (Å²) in [6.07, 6.45) is 1.45. The third-order valence-corrected chi connectivity index (χ3v) is 11.6. The smallest absolute Gasteiger partial charge is 0.407 e. The predicted octanol–water partition coefficient (Wildman–Crippen LogP) is 7.24. The van der Waals surface area contributed by atoms with Crippen molar-refractivity contribution in [1.82, 2.24) is 40.8 Å². The fraction of sp³-hybridized carbons (Fsp3) is 0.304. The first-order valence-corrected chi connectivity index (χ1v) is 20.1. The number of rotatable bonds is 14. The van der Waals surface area contributed by atoms with E-state index in [1.807, 2.05) is 43.3 Å². The van der Waals surface area contributed by atoms with Gasteiger partial charge >= 0.3 is 6.09 Å². The van der Waals surface area contributed by atoms with E-state index in [1.54, 1.807) is 4.90 Å². The number of aromatic amines is 2. The van der Waals surface area contributed by atoms with Crippen molar-refractivity contribution in [3.8, 4) is 11.1 Å². The van der Waals surface area contributed by atoms with Gasteiger partial charge in [0.25, 0.3) is 0 Å². The van der Waals surface area contributed by atoms with E-state index < -0.39 is 12.1 Å². The molecule has 5 N–H and O–H groups in total. The van der Waals surface area contributed by atoms with Gasteiger partial charge in [-0.05, 0) is 76.4 Å². The molecule has 2 unspecified atom stereocenters. The average Bonchev–Trinajstić information content (AvgIpc) is 3.86. The summed E-state index contributed by atoms with van der Waals surface area (Å²) in [7, 11) is 1.28. The van der Waals surface area contributed by atoms with E-state index in [2.05, 4.69) is 94.4 Å². The Morgan fingerprint density at radius 2 is 1.54 bits per heavy atom. The summed E-state index contributed by atoms with van der Waals surface area (Å²) in [6, 6.07) is 29.2. The summed E-state index contributed by atoms with van der Waals surface area (Å²) in [5, 5.41) is 12.5. The Morgan fingerprint density at radius 3 is 2.17 bits per heavy atom. The van der Waals surface area contributed by atoms with Crippen LogP contribution < -0.4 is 16.0 Å². The first kappa shape index (κ1) is 39.1. The van der Waals surface area contributed by atoms with E-state index in [1.165, 1.54) is 7.11 Å². The van der Waals surface area contributed by atoms with Crippen molar-refractivity contribution in [1.29, 1.82) is 0 Å². The second-order valence-corrected chi connectivity index (χ2v) is 15.7. The number of amides is 4. The molecule has 0 bridgehead atoms. The summed E-state index contributed by atoms with van der Waals surface area (Å²) >= 11 is 0. The van der Waals surface area contributed by atoms with Crippen molar-refractivity contribution >= 4 is 67.9 Å². The molecule has 1 aliphatic carbocycles. The number of imidazole rings is 2. The van der Waals surface area contributed by atoms with Crippen molar-refractivity contribution in [2.45, 2.75) is 58.2 Å². The Kier molecular flexibility index (Phi) is 11.0. The number of alkyl carbamates (subject to hydrolysis) is 1. The van der Waals surface area contributed by atoms with E-state index in [0.717, 1.165) is 73.4 Å². The maximum atomic E-state index is 13.7. The number of benzene rings is 5. The monoisotopic (exact) mass is 792 g/mol. The molecule has 4 amide bonds. The number of fused-ring (bicyclic) bond motifs is 6. The fourth-order valence-electron chi connectivity index (χ4n) is 8.56. The van der Waals surface area contributed by atoms with Crippen molar-refractivity contribution in [2.24, 2.45) is 11.8 Å². The molecule has 13 nitrogen and oxygen atoms in total. The Morgan fingerprint density at radius 1 is 0.881 bits per heavy atom. The molecule has 0 radical (unpaired) electrons. The lowest BCUT2D eigenvalue weighted by Crippen LogP contribution is -2.55. The number of aromatic nitrogens is 4. The maximum absolute atomic E-state index is 13.7. The number of carbonyl (C=O) groups excluding carboxylic acids is 4. The maximum Gasteiger partial charge on any atom is 0.407 e. The predicted molar refractivity (Wildman–Crippen MR) is 228 cm³/mol. The largest absolute Gasteiger partial charge is 0.453 e. The highest BCUT2D eigenvalue weighted by molar-refractivity contribution is 6.07. The topological polar surface area (TPSA) is 174 Å². The van der Waals surface area contributed by atoms with Crippen LogP contribution in [0.4, 0.5) is 4.79 Å². The molecule has 7 aromatic rings. The van der Waals surface area contributed by atoms with Gasteiger partial charge in [0, 0.05) is 29.3 Å². The van der Waals surface area contributed by atoms with Crippen LogP contribution in [0.3, 0.4) is 0 Å². The van der Waals surface area contributed by atoms with E-state index in [4.69, 9.17) is 14.7 Å². The quantitative estimate of drug-likeness (QED) is 0.0722. The van der Waals surface area contributed by atoms with Crippen LogP contribution in [-0.2, 0) is 25.7 Å². The van der Waals surface area contributed by atoms with Gasteiger partial charge in [-0.25, -0.2) is 14.8 Å². The van der Waals surface area contributed by atoms with Crippen molar-refractivity contribution in [2.75, 3.05) is 20.2 Å². The first-order chi connectivity index (χ1) is 28.6. The zero-order valence-electron chi connectivity index (χ0n) is 33.5. The molecule has 0 saturated heterocycles. The van der Waals surface area contributed by atoms with E-state index in [-0.39, 0.29) is 30.3 Å². The summed E-state index contributed by atoms with van der Waals surface area (Å²) in [5.41, 5.74) is 6.37. The molecular formula is C46H48N8O5. The summed E-state index contributed by atoms with van der Waals surface area (Å²) in [5.74, 6) is 1.72. The molecule has 1 saturated carbocycles. The van der Waals surface area contributed by atoms with E-state index >= 15 is 0 Å². The number of hydrogen-bond acceptors (Lipinski definition) is 7. The molecule has 1 aliphatic rings. The lowest BCUT2D eigenvalue weighted by atomic mass is 9.64. The van der Waals surface area contributed by atoms with E-state index in [9.17, 15) is 19.2 Å². The molecule has 13 heteroatoms. The normalized spacial score (nSPS) is 16.9. The van der Waals surface area contributed by atoms with E-state index in [0.29, 0.717) is 42.7 Å². The number of ether oxygens (including phenoxy) is 1. The fourth-order valence-corrected chi connectivity index (χ4v) is 8.56. The van der Waals surface area contributed by atoms with Crippen molar-refractivity contribution < 1.29 is 23.9 Å². The van der Waals surface area contributed by atoms with Gasteiger partial charge in [0.1, 0.15) is 17.7 Å². The van der Waals surface area contributed by atoms with Gasteiger partial charge in [0.15, 0.2) is 0 Å². The van der Waals surface area contributed by atoms with Crippen molar-refractivity contribution in [3.63, 3.8) is 0 Å². The molecule has 1 fully saturated rings. The molecule has 4 atom stereocenters. The number of carbonyl (C=O) groups is 4. The number of hydrogen-bond donors (Lipinski definition) is 5. The SMILES string of the molecule is CCCN(Cc1nc2c(ccc3cc(-c4ccc5c(ccc6[nH]c([C@H]7C(NC(=O)[C@H](NC(=O)OC)c8ccccc8)CC7C(C)C)nc65)c4)ccc32)[nH]1)C(=O)CNC=O. The number of nitrogens with one attached hydrogen (secondary N) is 5. The molecular weight excluding hydrogens is 745 g/mol. The Bertz CT molecular complexity index is 2690. The highest BCUT2D eigenvalue weighted by Gasteiger charge is 2.46. The summed E-state index contributed by atoms with van der Waals surface area (Å²) < 4.78 is 4.83. The molecule has 2 aromatic heterocycles. The lowest BCUT2D eigenvalue weighted by molar-refractivity contribution is -0.132. The van der Waals surface area contributed by atoms with Gasteiger partial charge in [-0.15, -0.1) is 0 Å². The van der Waals surface area contributed by atoms with Crippen LogP contribution in [0, 0.1) is 11.8 Å². The van der Waals surface area contributed by atoms with Gasteiger partial charge in [0.2, 0.25) is 18.2 Å². The average molecular weight is 793 g/mol. The zero-order chi connectivity index (χ0) is 41.2. The van der Waals surface area contributed by atoms with Gasteiger partial charge in [-0.2, -0.15) is 0 Å². The molecule has 2 heterocycles. The minimum absolute atomic E-state index is 0.0339. The minimum Gasteiger partial charge on any atom is -0.453 e. The summed E-state index contributed by atoms with van der Waals surface area (Å²) in [6.45, 7) is 7.25. The lowest BCUT2D eigenvalue weighted by Gasteiger charge is -2.46. The second kappa shape index (κ2) is 16.6. The standard InChI is InChI=1S/C46H48N8O5/c1-5-19-54(39(56)23-47-25-55)24-38-48-35-17-13-30-20-28(11-15-32(30)42(35)51-38)29-12-16-33-31(21-29)14-18-36-43(33)52-44(49-36)40-34(26(2)3)22-37(40)50-45(57)41(53-46(58)59-4)27-9-7-6-8-10-27/h6-18,20-21,25-26,34,37,40-41H,5,19,22-24H2,1-4H3,(H,47,55)(H,48,51)(H,49,52)(H,50,57)(H,53,58)/t34?,37?,40-,41-/m1/s1. The Balaban J connectivity index is 1.04. The molecule has 59 heavy (non-hydrogen) atoms. The van der Waals surface area contributed by atoms with Crippen LogP contribution in [-0.4, -0.2) is 75.4 Å². The van der Waals surface area contributed by atoms with Crippen LogP contribution in [0.1, 0.15) is 62.8 Å². The minimum atomic E-state index is -0.901. The number of H-pyrrole nitrogens is 2. The van der Waals surface area contributed by atoms with Gasteiger partial charge in [0.05, 0.1) is 42.3 Å².